The van der Waals surface area contributed by atoms with Gasteiger partial charge in [0.05, 0.1) is 0 Å². The molecule has 1 aliphatic rings. The second-order valence-corrected chi connectivity index (χ2v) is 11.6. The third-order valence-corrected chi connectivity index (χ3v) is 9.91. The van der Waals surface area contributed by atoms with Gasteiger partial charge in [0.25, 0.3) is 5.12 Å². The second kappa shape index (κ2) is 6.52. The van der Waals surface area contributed by atoms with Crippen LogP contribution in [0.1, 0.15) is 26.2 Å². The minimum Gasteiger partial charge on any atom is -0.414 e. The molecule has 0 radical (unpaired) electrons. The van der Waals surface area contributed by atoms with Crippen molar-refractivity contribution in [3.05, 3.63) is 0 Å². The number of ketones is 1. The van der Waals surface area contributed by atoms with E-state index in [-0.39, 0.29) is 10.9 Å². The molecule has 0 spiro atoms. The first-order valence-corrected chi connectivity index (χ1v) is 10.6. The minimum atomic E-state index is -2.21. The zero-order valence-corrected chi connectivity index (χ0v) is 14.4. The van der Waals surface area contributed by atoms with E-state index in [4.69, 9.17) is 4.43 Å². The molecule has 0 aromatic heterocycles. The number of thioether (sulfide) groups is 1. The van der Waals surface area contributed by atoms with Crippen LogP contribution in [0.3, 0.4) is 0 Å². The number of rotatable bonds is 8. The first kappa shape index (κ1) is 16.9. The molecular weight excluding hydrogens is 278 g/mol. The van der Waals surface area contributed by atoms with Crippen LogP contribution in [0, 0.1) is 0 Å². The van der Waals surface area contributed by atoms with Crippen LogP contribution in [-0.4, -0.2) is 55.7 Å². The minimum absolute atomic E-state index is 0.201. The molecule has 1 rings (SSSR count). The largest absolute Gasteiger partial charge is 0.414 e. The molecule has 0 saturated carbocycles. The molecule has 0 N–H and O–H groups in total. The highest BCUT2D eigenvalue weighted by molar-refractivity contribution is 8.22. The van der Waals surface area contributed by atoms with Crippen molar-refractivity contribution in [1.29, 1.82) is 0 Å². The Morgan fingerprint density at radius 1 is 1.32 bits per heavy atom. The zero-order chi connectivity index (χ0) is 14.7. The maximum Gasteiger partial charge on any atom is 0.257 e. The van der Waals surface area contributed by atoms with E-state index in [0.29, 0.717) is 6.61 Å². The standard InChI is InChI=1S/C13H25NO3SSi/c1-6-7-8-13(11(15)12(16)18-13)19(4,5)17-10-9-14(2)3/h6-10H2,1-5H3. The maximum atomic E-state index is 12.1. The Balaban J connectivity index is 2.73. The average Bonchev–Trinajstić information content (AvgIpc) is 2.32. The van der Waals surface area contributed by atoms with Gasteiger partial charge in [-0.25, -0.2) is 0 Å². The van der Waals surface area contributed by atoms with Crippen LogP contribution >= 0.6 is 11.8 Å². The van der Waals surface area contributed by atoms with E-state index in [1.165, 1.54) is 11.8 Å². The van der Waals surface area contributed by atoms with Crippen molar-refractivity contribution in [2.45, 2.75) is 43.7 Å². The summed E-state index contributed by atoms with van der Waals surface area (Å²) in [6.07, 6.45) is 2.78. The van der Waals surface area contributed by atoms with Crippen LogP contribution < -0.4 is 0 Å². The molecule has 19 heavy (non-hydrogen) atoms. The van der Waals surface area contributed by atoms with E-state index in [0.717, 1.165) is 25.8 Å². The number of hydrogen-bond acceptors (Lipinski definition) is 5. The summed E-state index contributed by atoms with van der Waals surface area (Å²) < 4.78 is 5.53. The van der Waals surface area contributed by atoms with Gasteiger partial charge < -0.3 is 9.33 Å². The van der Waals surface area contributed by atoms with Gasteiger partial charge in [-0.15, -0.1) is 0 Å². The van der Waals surface area contributed by atoms with Crippen molar-refractivity contribution >= 4 is 31.0 Å². The number of Topliss-reactive ketones (excluding diaryl/α,β-unsaturated/α-hetero) is 1. The SMILES string of the molecule is CCCCC1([Si](C)(C)OCCN(C)C)SC(=O)C1=O. The van der Waals surface area contributed by atoms with Crippen molar-refractivity contribution in [3.63, 3.8) is 0 Å². The molecule has 1 unspecified atom stereocenters. The highest BCUT2D eigenvalue weighted by Gasteiger charge is 2.64. The lowest BCUT2D eigenvalue weighted by Gasteiger charge is -2.47. The maximum absolute atomic E-state index is 12.1. The van der Waals surface area contributed by atoms with Crippen LogP contribution in [0.25, 0.3) is 0 Å². The lowest BCUT2D eigenvalue weighted by molar-refractivity contribution is -0.134. The highest BCUT2D eigenvalue weighted by Crippen LogP contribution is 2.49. The molecule has 0 aliphatic carbocycles. The van der Waals surface area contributed by atoms with Crippen molar-refractivity contribution in [1.82, 2.24) is 4.90 Å². The Bertz CT molecular complexity index is 360. The summed E-state index contributed by atoms with van der Waals surface area (Å²) in [5.41, 5.74) is 0. The van der Waals surface area contributed by atoms with E-state index in [1.54, 1.807) is 0 Å². The summed E-state index contributed by atoms with van der Waals surface area (Å²) in [4.78, 5) is 25.6. The first-order valence-electron chi connectivity index (χ1n) is 6.83. The Morgan fingerprint density at radius 3 is 2.37 bits per heavy atom. The quantitative estimate of drug-likeness (QED) is 0.507. The van der Waals surface area contributed by atoms with Crippen molar-refractivity contribution in [2.75, 3.05) is 27.2 Å². The molecule has 1 saturated heterocycles. The fourth-order valence-electron chi connectivity index (χ4n) is 2.26. The third-order valence-electron chi connectivity index (χ3n) is 3.68. The van der Waals surface area contributed by atoms with Crippen molar-refractivity contribution in [3.8, 4) is 0 Å². The lowest BCUT2D eigenvalue weighted by Crippen LogP contribution is -2.67. The zero-order valence-electron chi connectivity index (χ0n) is 12.6. The van der Waals surface area contributed by atoms with Crippen LogP contribution in [0.4, 0.5) is 0 Å². The summed E-state index contributed by atoms with van der Waals surface area (Å²) in [7, 11) is 1.78. The molecular formula is C13H25NO3SSi. The van der Waals surface area contributed by atoms with Gasteiger partial charge in [0.1, 0.15) is 4.37 Å². The van der Waals surface area contributed by atoms with Gasteiger partial charge in [-0.05, 0) is 33.6 Å². The Hall–Kier alpha value is -0.173. The summed E-state index contributed by atoms with van der Waals surface area (Å²) in [6.45, 7) is 7.70. The Kier molecular flexibility index (Phi) is 5.79. The number of likely N-dealkylation sites (N-methyl/N-ethyl adjacent to an activating group) is 1. The van der Waals surface area contributed by atoms with Crippen LogP contribution in [0.15, 0.2) is 0 Å². The molecule has 0 aromatic rings. The summed E-state index contributed by atoms with van der Waals surface area (Å²) in [6, 6.07) is 0. The number of carbonyl (C=O) groups is 2. The van der Waals surface area contributed by atoms with E-state index in [9.17, 15) is 9.59 Å². The number of carbonyl (C=O) groups excluding carboxylic acids is 2. The van der Waals surface area contributed by atoms with Crippen LogP contribution in [0.5, 0.6) is 0 Å². The van der Waals surface area contributed by atoms with E-state index in [1.807, 2.05) is 14.1 Å². The number of nitrogens with zero attached hydrogens (tertiary/aromatic N) is 1. The lowest BCUT2D eigenvalue weighted by atomic mass is 10.1. The topological polar surface area (TPSA) is 46.6 Å². The number of hydrogen-bond donors (Lipinski definition) is 0. The van der Waals surface area contributed by atoms with Gasteiger partial charge in [-0.2, -0.15) is 0 Å². The van der Waals surface area contributed by atoms with Gasteiger partial charge in [0.15, 0.2) is 0 Å². The van der Waals surface area contributed by atoms with Crippen LogP contribution in [0.2, 0.25) is 13.1 Å². The van der Waals surface area contributed by atoms with Gasteiger partial charge in [-0.1, -0.05) is 31.5 Å². The molecule has 0 aromatic carbocycles. The molecule has 1 aliphatic heterocycles. The molecule has 6 heteroatoms. The van der Waals surface area contributed by atoms with E-state index < -0.39 is 12.7 Å². The van der Waals surface area contributed by atoms with Gasteiger partial charge in [0, 0.05) is 13.2 Å². The first-order chi connectivity index (χ1) is 8.77. The predicted molar refractivity (Wildman–Crippen MR) is 81.8 cm³/mol. The fourth-order valence-corrected chi connectivity index (χ4v) is 6.92. The van der Waals surface area contributed by atoms with Gasteiger partial charge in [0.2, 0.25) is 14.1 Å². The molecule has 1 atom stereocenters. The highest BCUT2D eigenvalue weighted by atomic mass is 32.2. The summed E-state index contributed by atoms with van der Waals surface area (Å²) in [5, 5.41) is -0.284. The van der Waals surface area contributed by atoms with E-state index in [2.05, 4.69) is 24.9 Å². The Morgan fingerprint density at radius 2 is 1.95 bits per heavy atom. The van der Waals surface area contributed by atoms with Crippen LogP contribution in [-0.2, 0) is 14.0 Å². The smallest absolute Gasteiger partial charge is 0.257 e. The summed E-state index contributed by atoms with van der Waals surface area (Å²) >= 11 is 1.22. The molecule has 0 amide bonds. The van der Waals surface area contributed by atoms with Crippen molar-refractivity contribution in [2.24, 2.45) is 0 Å². The summed E-state index contributed by atoms with van der Waals surface area (Å²) in [5.74, 6) is -0.201. The van der Waals surface area contributed by atoms with Crippen molar-refractivity contribution < 1.29 is 14.0 Å². The molecule has 4 nitrogen and oxygen atoms in total. The Labute approximate surface area is 121 Å². The van der Waals surface area contributed by atoms with Gasteiger partial charge in [-0.3, -0.25) is 9.59 Å². The third kappa shape index (κ3) is 3.48. The molecule has 110 valence electrons. The van der Waals surface area contributed by atoms with Gasteiger partial charge >= 0.3 is 0 Å². The molecule has 1 heterocycles. The molecule has 0 bridgehead atoms. The fraction of sp³-hybridized carbons (Fsp3) is 0.846. The predicted octanol–water partition coefficient (Wildman–Crippen LogP) is 2.08. The average molecular weight is 304 g/mol. The second-order valence-electron chi connectivity index (χ2n) is 5.81. The van der Waals surface area contributed by atoms with E-state index >= 15 is 0 Å². The normalized spacial score (nSPS) is 23.9. The molecule has 1 fully saturated rings. The number of unbranched alkanes of at least 4 members (excludes halogenated alkanes) is 1. The monoisotopic (exact) mass is 303 g/mol.